The number of hydrogen-bond acceptors (Lipinski definition) is 1. The molecule has 0 saturated heterocycles. The summed E-state index contributed by atoms with van der Waals surface area (Å²) in [6.07, 6.45) is 0. The standard InChI is InChI=1S/C14H10Cl2FNO/c1-8-9(15)4-3-7-12(8)18-14(19)13-10(16)5-2-6-11(13)17/h2-7H,1H3,(H,18,19). The summed E-state index contributed by atoms with van der Waals surface area (Å²) in [4.78, 5) is 12.0. The smallest absolute Gasteiger partial charge is 0.260 e. The van der Waals surface area contributed by atoms with Crippen molar-refractivity contribution in [1.82, 2.24) is 0 Å². The van der Waals surface area contributed by atoms with Crippen LogP contribution >= 0.6 is 23.2 Å². The van der Waals surface area contributed by atoms with Gasteiger partial charge in [-0.05, 0) is 36.8 Å². The van der Waals surface area contributed by atoms with Gasteiger partial charge in [-0.15, -0.1) is 0 Å². The first-order valence-corrected chi connectivity index (χ1v) is 6.27. The summed E-state index contributed by atoms with van der Waals surface area (Å²) in [5.41, 5.74) is 1.06. The molecule has 0 spiro atoms. The molecule has 5 heteroatoms. The molecule has 0 unspecified atom stereocenters. The second kappa shape index (κ2) is 5.59. The summed E-state index contributed by atoms with van der Waals surface area (Å²) < 4.78 is 13.6. The van der Waals surface area contributed by atoms with Crippen molar-refractivity contribution in [3.05, 3.63) is 63.4 Å². The first-order valence-electron chi connectivity index (χ1n) is 5.51. The second-order valence-corrected chi connectivity index (χ2v) is 4.78. The van der Waals surface area contributed by atoms with E-state index in [1.165, 1.54) is 18.2 Å². The monoisotopic (exact) mass is 297 g/mol. The van der Waals surface area contributed by atoms with E-state index < -0.39 is 11.7 Å². The molecule has 19 heavy (non-hydrogen) atoms. The van der Waals surface area contributed by atoms with Gasteiger partial charge >= 0.3 is 0 Å². The fourth-order valence-corrected chi connectivity index (χ4v) is 2.07. The number of amides is 1. The molecular formula is C14H10Cl2FNO. The minimum absolute atomic E-state index is 0.0668. The molecule has 0 atom stereocenters. The Hall–Kier alpha value is -1.58. The summed E-state index contributed by atoms with van der Waals surface area (Å²) in [6.45, 7) is 1.76. The second-order valence-electron chi connectivity index (χ2n) is 3.96. The number of anilines is 1. The van der Waals surface area contributed by atoms with E-state index in [1.54, 1.807) is 25.1 Å². The van der Waals surface area contributed by atoms with Crippen LogP contribution in [-0.2, 0) is 0 Å². The van der Waals surface area contributed by atoms with E-state index >= 15 is 0 Å². The summed E-state index contributed by atoms with van der Waals surface area (Å²) in [6, 6.07) is 9.19. The molecule has 98 valence electrons. The lowest BCUT2D eigenvalue weighted by atomic mass is 10.1. The fraction of sp³-hybridized carbons (Fsp3) is 0.0714. The Bertz CT molecular complexity index is 623. The third-order valence-corrected chi connectivity index (χ3v) is 3.43. The van der Waals surface area contributed by atoms with E-state index in [-0.39, 0.29) is 10.6 Å². The number of benzene rings is 2. The van der Waals surface area contributed by atoms with Crippen molar-refractivity contribution in [2.24, 2.45) is 0 Å². The molecule has 0 fully saturated rings. The van der Waals surface area contributed by atoms with Crippen LogP contribution in [0.15, 0.2) is 36.4 Å². The van der Waals surface area contributed by atoms with Gasteiger partial charge in [0.05, 0.1) is 10.6 Å². The van der Waals surface area contributed by atoms with E-state index in [0.717, 1.165) is 0 Å². The van der Waals surface area contributed by atoms with Crippen molar-refractivity contribution in [2.45, 2.75) is 6.92 Å². The minimum atomic E-state index is -0.662. The van der Waals surface area contributed by atoms with Gasteiger partial charge in [-0.25, -0.2) is 4.39 Å². The van der Waals surface area contributed by atoms with Crippen LogP contribution in [-0.4, -0.2) is 5.91 Å². The summed E-state index contributed by atoms with van der Waals surface area (Å²) >= 11 is 11.8. The SMILES string of the molecule is Cc1c(Cl)cccc1NC(=O)c1c(F)cccc1Cl. The first kappa shape index (κ1) is 13.8. The third kappa shape index (κ3) is 2.88. The number of nitrogens with one attached hydrogen (secondary N) is 1. The van der Waals surface area contributed by atoms with Gasteiger partial charge in [-0.3, -0.25) is 4.79 Å². The van der Waals surface area contributed by atoms with Crippen LogP contribution in [0.25, 0.3) is 0 Å². The highest BCUT2D eigenvalue weighted by molar-refractivity contribution is 6.34. The van der Waals surface area contributed by atoms with Gasteiger partial charge in [-0.1, -0.05) is 35.3 Å². The lowest BCUT2D eigenvalue weighted by molar-refractivity contribution is 0.102. The highest BCUT2D eigenvalue weighted by atomic mass is 35.5. The largest absolute Gasteiger partial charge is 0.322 e. The lowest BCUT2D eigenvalue weighted by Crippen LogP contribution is -2.15. The van der Waals surface area contributed by atoms with Gasteiger partial charge in [-0.2, -0.15) is 0 Å². The summed E-state index contributed by atoms with van der Waals surface area (Å²) in [5, 5.41) is 3.19. The molecule has 0 bridgehead atoms. The van der Waals surface area contributed by atoms with Gasteiger partial charge in [0, 0.05) is 10.7 Å². The Morgan fingerprint density at radius 3 is 2.42 bits per heavy atom. The van der Waals surface area contributed by atoms with E-state index in [9.17, 15) is 9.18 Å². The van der Waals surface area contributed by atoms with Crippen LogP contribution in [0, 0.1) is 12.7 Å². The van der Waals surface area contributed by atoms with Crippen molar-refractivity contribution in [3.63, 3.8) is 0 Å². The molecule has 0 aliphatic rings. The van der Waals surface area contributed by atoms with Gasteiger partial charge in [0.25, 0.3) is 5.91 Å². The van der Waals surface area contributed by atoms with Crippen molar-refractivity contribution < 1.29 is 9.18 Å². The van der Waals surface area contributed by atoms with E-state index in [1.807, 2.05) is 0 Å². The Kier molecular flexibility index (Phi) is 4.08. The molecule has 2 aromatic rings. The minimum Gasteiger partial charge on any atom is -0.322 e. The van der Waals surface area contributed by atoms with Crippen LogP contribution in [0.1, 0.15) is 15.9 Å². The lowest BCUT2D eigenvalue weighted by Gasteiger charge is -2.10. The maximum atomic E-state index is 13.6. The van der Waals surface area contributed by atoms with E-state index in [4.69, 9.17) is 23.2 Å². The average Bonchev–Trinajstić information content (AvgIpc) is 2.35. The van der Waals surface area contributed by atoms with Crippen LogP contribution in [0.4, 0.5) is 10.1 Å². The molecule has 1 amide bonds. The topological polar surface area (TPSA) is 29.1 Å². The number of carbonyl (C=O) groups is 1. The van der Waals surface area contributed by atoms with Gasteiger partial charge in [0.2, 0.25) is 0 Å². The molecule has 1 N–H and O–H groups in total. The molecule has 0 saturated carbocycles. The van der Waals surface area contributed by atoms with Crippen molar-refractivity contribution in [2.75, 3.05) is 5.32 Å². The zero-order valence-electron chi connectivity index (χ0n) is 10.0. The summed E-state index contributed by atoms with van der Waals surface area (Å²) in [5.74, 6) is -1.27. The highest BCUT2D eigenvalue weighted by Gasteiger charge is 2.16. The Labute approximate surface area is 120 Å². The predicted octanol–water partition coefficient (Wildman–Crippen LogP) is 4.69. The van der Waals surface area contributed by atoms with E-state index in [0.29, 0.717) is 16.3 Å². The molecule has 2 nitrogen and oxygen atoms in total. The normalized spacial score (nSPS) is 10.3. The van der Waals surface area contributed by atoms with Gasteiger partial charge < -0.3 is 5.32 Å². The maximum absolute atomic E-state index is 13.6. The molecule has 0 radical (unpaired) electrons. The molecule has 0 aliphatic carbocycles. The summed E-state index contributed by atoms with van der Waals surface area (Å²) in [7, 11) is 0. The van der Waals surface area contributed by atoms with E-state index in [2.05, 4.69) is 5.32 Å². The molecule has 2 rings (SSSR count). The molecule has 0 aliphatic heterocycles. The number of rotatable bonds is 2. The number of carbonyl (C=O) groups excluding carboxylic acids is 1. The number of halogens is 3. The quantitative estimate of drug-likeness (QED) is 0.856. The number of hydrogen-bond donors (Lipinski definition) is 1. The predicted molar refractivity (Wildman–Crippen MR) is 75.6 cm³/mol. The van der Waals surface area contributed by atoms with Crippen molar-refractivity contribution >= 4 is 34.8 Å². The molecule has 0 aromatic heterocycles. The van der Waals surface area contributed by atoms with Crippen LogP contribution < -0.4 is 5.32 Å². The fourth-order valence-electron chi connectivity index (χ4n) is 1.64. The molecular weight excluding hydrogens is 288 g/mol. The van der Waals surface area contributed by atoms with Crippen molar-refractivity contribution in [1.29, 1.82) is 0 Å². The molecule has 2 aromatic carbocycles. The Morgan fingerprint density at radius 2 is 1.74 bits per heavy atom. The zero-order chi connectivity index (χ0) is 14.0. The average molecular weight is 298 g/mol. The van der Waals surface area contributed by atoms with Crippen LogP contribution in [0.3, 0.4) is 0 Å². The molecule has 0 heterocycles. The van der Waals surface area contributed by atoms with Crippen LogP contribution in [0.2, 0.25) is 10.0 Å². The maximum Gasteiger partial charge on any atom is 0.260 e. The highest BCUT2D eigenvalue weighted by Crippen LogP contribution is 2.25. The third-order valence-electron chi connectivity index (χ3n) is 2.71. The first-order chi connectivity index (χ1) is 9.00. The van der Waals surface area contributed by atoms with Crippen LogP contribution in [0.5, 0.6) is 0 Å². The van der Waals surface area contributed by atoms with Gasteiger partial charge in [0.1, 0.15) is 5.82 Å². The zero-order valence-corrected chi connectivity index (χ0v) is 11.5. The van der Waals surface area contributed by atoms with Crippen molar-refractivity contribution in [3.8, 4) is 0 Å². The Balaban J connectivity index is 2.34. The van der Waals surface area contributed by atoms with Gasteiger partial charge in [0.15, 0.2) is 0 Å². The Morgan fingerprint density at radius 1 is 1.11 bits per heavy atom.